The quantitative estimate of drug-likeness (QED) is 0.879. The first-order valence-electron chi connectivity index (χ1n) is 10.2. The Balaban J connectivity index is 1.36. The Bertz CT molecular complexity index is 712. The number of hydrogen-bond donors (Lipinski definition) is 1. The van der Waals surface area contributed by atoms with Gasteiger partial charge < -0.3 is 10.1 Å². The molecule has 1 aromatic rings. The molecule has 0 spiro atoms. The van der Waals surface area contributed by atoms with Gasteiger partial charge in [-0.3, -0.25) is 9.69 Å². The minimum atomic E-state index is -0.542. The molecule has 1 N–H and O–H groups in total. The van der Waals surface area contributed by atoms with E-state index in [1.807, 2.05) is 26.8 Å². The van der Waals surface area contributed by atoms with Gasteiger partial charge >= 0.3 is 6.09 Å². The average Bonchev–Trinajstić information content (AvgIpc) is 3.04. The predicted octanol–water partition coefficient (Wildman–Crippen LogP) is 3.84. The van der Waals surface area contributed by atoms with E-state index in [1.165, 1.54) is 5.56 Å². The number of piperidine rings is 1. The highest BCUT2D eigenvalue weighted by Crippen LogP contribution is 2.48. The molecule has 2 aliphatic carbocycles. The SMILES string of the molecule is CC(C)(C)OC(=O)N1[C@H](C(=O)N[C@H]2CC[C@H](c3ccccc3)C2)C[C@@H]2C[C@@H]21. The summed E-state index contributed by atoms with van der Waals surface area (Å²) in [6.45, 7) is 5.59. The second kappa shape index (κ2) is 6.84. The third-order valence-electron chi connectivity index (χ3n) is 6.06. The van der Waals surface area contributed by atoms with Crippen molar-refractivity contribution in [2.24, 2.45) is 5.92 Å². The summed E-state index contributed by atoms with van der Waals surface area (Å²) in [4.78, 5) is 27.2. The largest absolute Gasteiger partial charge is 0.444 e. The lowest BCUT2D eigenvalue weighted by Crippen LogP contribution is -2.51. The number of hydrogen-bond acceptors (Lipinski definition) is 3. The van der Waals surface area contributed by atoms with E-state index in [9.17, 15) is 9.59 Å². The Hall–Kier alpha value is -2.04. The molecule has 1 saturated heterocycles. The summed E-state index contributed by atoms with van der Waals surface area (Å²) in [5.74, 6) is 0.969. The van der Waals surface area contributed by atoms with Gasteiger partial charge in [0.1, 0.15) is 11.6 Å². The minimum absolute atomic E-state index is 0.00762. The molecule has 0 bridgehead atoms. The van der Waals surface area contributed by atoms with Crippen LogP contribution in [-0.2, 0) is 9.53 Å². The van der Waals surface area contributed by atoms with Crippen LogP contribution < -0.4 is 5.32 Å². The Morgan fingerprint density at radius 1 is 1.07 bits per heavy atom. The van der Waals surface area contributed by atoms with E-state index in [4.69, 9.17) is 4.74 Å². The molecule has 0 radical (unpaired) electrons. The molecule has 27 heavy (non-hydrogen) atoms. The molecule has 0 aromatic heterocycles. The first-order valence-corrected chi connectivity index (χ1v) is 10.2. The topological polar surface area (TPSA) is 58.6 Å². The maximum Gasteiger partial charge on any atom is 0.411 e. The highest BCUT2D eigenvalue weighted by molar-refractivity contribution is 5.87. The fraction of sp³-hybridized carbons (Fsp3) is 0.636. The van der Waals surface area contributed by atoms with Crippen LogP contribution >= 0.6 is 0 Å². The standard InChI is InChI=1S/C22H30N2O3/c1-22(2,3)27-21(26)24-18-12-16(18)13-19(24)20(25)23-17-10-9-15(11-17)14-7-5-4-6-8-14/h4-8,15-19H,9-13H2,1-3H3,(H,23,25)/t15-,16-,17-,18-,19-/m0/s1. The van der Waals surface area contributed by atoms with Crippen molar-refractivity contribution >= 4 is 12.0 Å². The summed E-state index contributed by atoms with van der Waals surface area (Å²) in [5, 5.41) is 3.22. The minimum Gasteiger partial charge on any atom is -0.444 e. The molecule has 146 valence electrons. The number of rotatable bonds is 3. The lowest BCUT2D eigenvalue weighted by atomic mass is 9.97. The number of likely N-dealkylation sites (tertiary alicyclic amines) is 1. The number of ether oxygens (including phenoxy) is 1. The number of nitrogens with zero attached hydrogens (tertiary/aromatic N) is 1. The molecule has 1 aromatic carbocycles. The van der Waals surface area contributed by atoms with E-state index in [-0.39, 0.29) is 30.1 Å². The molecule has 1 aliphatic heterocycles. The van der Waals surface area contributed by atoms with Crippen LogP contribution in [0.25, 0.3) is 0 Å². The fourth-order valence-electron chi connectivity index (χ4n) is 4.71. The molecule has 3 fully saturated rings. The predicted molar refractivity (Wildman–Crippen MR) is 103 cm³/mol. The van der Waals surface area contributed by atoms with Crippen LogP contribution in [0, 0.1) is 5.92 Å². The Morgan fingerprint density at radius 3 is 2.52 bits per heavy atom. The zero-order valence-corrected chi connectivity index (χ0v) is 16.5. The first-order chi connectivity index (χ1) is 12.8. The fourth-order valence-corrected chi connectivity index (χ4v) is 4.71. The molecule has 2 amide bonds. The van der Waals surface area contributed by atoms with Crippen LogP contribution in [0.1, 0.15) is 64.4 Å². The molecule has 0 unspecified atom stereocenters. The number of nitrogens with one attached hydrogen (secondary N) is 1. The van der Waals surface area contributed by atoms with Gasteiger partial charge in [0.05, 0.1) is 0 Å². The van der Waals surface area contributed by atoms with Crippen molar-refractivity contribution in [2.45, 2.75) is 82.5 Å². The van der Waals surface area contributed by atoms with E-state index < -0.39 is 5.60 Å². The zero-order valence-electron chi connectivity index (χ0n) is 16.5. The maximum absolute atomic E-state index is 12.9. The summed E-state index contributed by atoms with van der Waals surface area (Å²) in [6, 6.07) is 10.5. The normalized spacial score (nSPS) is 32.1. The Morgan fingerprint density at radius 2 is 1.81 bits per heavy atom. The third-order valence-corrected chi connectivity index (χ3v) is 6.06. The summed E-state index contributed by atoms with van der Waals surface area (Å²) < 4.78 is 5.55. The van der Waals surface area contributed by atoms with Crippen molar-refractivity contribution in [3.8, 4) is 0 Å². The Labute approximate surface area is 161 Å². The van der Waals surface area contributed by atoms with E-state index in [0.29, 0.717) is 11.8 Å². The van der Waals surface area contributed by atoms with E-state index in [2.05, 4.69) is 29.6 Å². The lowest BCUT2D eigenvalue weighted by Gasteiger charge is -2.30. The zero-order chi connectivity index (χ0) is 19.2. The van der Waals surface area contributed by atoms with Crippen molar-refractivity contribution < 1.29 is 14.3 Å². The molecular weight excluding hydrogens is 340 g/mol. The number of benzene rings is 1. The van der Waals surface area contributed by atoms with Gasteiger partial charge in [-0.25, -0.2) is 4.79 Å². The van der Waals surface area contributed by atoms with Crippen molar-refractivity contribution in [3.05, 3.63) is 35.9 Å². The van der Waals surface area contributed by atoms with Crippen LogP contribution in [0.2, 0.25) is 0 Å². The van der Waals surface area contributed by atoms with Crippen LogP contribution in [0.4, 0.5) is 4.79 Å². The van der Waals surface area contributed by atoms with Gasteiger partial charge in [0.15, 0.2) is 0 Å². The summed E-state index contributed by atoms with van der Waals surface area (Å²) in [7, 11) is 0. The summed E-state index contributed by atoms with van der Waals surface area (Å²) in [6.07, 6.45) is 4.49. The van der Waals surface area contributed by atoms with Crippen molar-refractivity contribution in [3.63, 3.8) is 0 Å². The van der Waals surface area contributed by atoms with Crippen LogP contribution in [-0.4, -0.2) is 40.6 Å². The van der Waals surface area contributed by atoms with Crippen LogP contribution in [0.3, 0.4) is 0 Å². The highest BCUT2D eigenvalue weighted by Gasteiger charge is 2.57. The van der Waals surface area contributed by atoms with E-state index in [0.717, 1.165) is 32.1 Å². The Kier molecular flexibility index (Phi) is 4.65. The highest BCUT2D eigenvalue weighted by atomic mass is 16.6. The molecular formula is C22H30N2O3. The van der Waals surface area contributed by atoms with Gasteiger partial charge in [0.25, 0.3) is 0 Å². The molecule has 5 atom stereocenters. The van der Waals surface area contributed by atoms with Gasteiger partial charge in [0.2, 0.25) is 5.91 Å². The molecule has 4 rings (SSSR count). The third kappa shape index (κ3) is 3.97. The number of carbonyl (C=O) groups is 2. The monoisotopic (exact) mass is 370 g/mol. The van der Waals surface area contributed by atoms with Crippen molar-refractivity contribution in [2.75, 3.05) is 0 Å². The molecule has 1 heterocycles. The maximum atomic E-state index is 12.9. The molecule has 3 aliphatic rings. The molecule has 5 heteroatoms. The van der Waals surface area contributed by atoms with E-state index in [1.54, 1.807) is 4.90 Å². The smallest absolute Gasteiger partial charge is 0.411 e. The van der Waals surface area contributed by atoms with Gasteiger partial charge in [0, 0.05) is 12.1 Å². The second-order valence-electron chi connectivity index (χ2n) is 9.33. The number of amides is 2. The van der Waals surface area contributed by atoms with Gasteiger partial charge in [-0.2, -0.15) is 0 Å². The summed E-state index contributed by atoms with van der Waals surface area (Å²) >= 11 is 0. The number of carbonyl (C=O) groups excluding carboxylic acids is 2. The summed E-state index contributed by atoms with van der Waals surface area (Å²) in [5.41, 5.74) is 0.811. The molecule has 2 saturated carbocycles. The van der Waals surface area contributed by atoms with Crippen molar-refractivity contribution in [1.29, 1.82) is 0 Å². The first kappa shape index (κ1) is 18.3. The average molecular weight is 370 g/mol. The van der Waals surface area contributed by atoms with Gasteiger partial charge in [-0.1, -0.05) is 30.3 Å². The second-order valence-corrected chi connectivity index (χ2v) is 9.33. The van der Waals surface area contributed by atoms with Crippen molar-refractivity contribution in [1.82, 2.24) is 10.2 Å². The van der Waals surface area contributed by atoms with Crippen LogP contribution in [0.15, 0.2) is 30.3 Å². The van der Waals surface area contributed by atoms with Gasteiger partial charge in [-0.05, 0) is 70.3 Å². The van der Waals surface area contributed by atoms with E-state index >= 15 is 0 Å². The number of fused-ring (bicyclic) bond motifs is 1. The van der Waals surface area contributed by atoms with Gasteiger partial charge in [-0.15, -0.1) is 0 Å². The molecule has 5 nitrogen and oxygen atoms in total. The van der Waals surface area contributed by atoms with Crippen LogP contribution in [0.5, 0.6) is 0 Å². The lowest BCUT2D eigenvalue weighted by molar-refractivity contribution is -0.126.